The molecule has 0 saturated carbocycles. The lowest BCUT2D eigenvalue weighted by molar-refractivity contribution is -0.166. The summed E-state index contributed by atoms with van der Waals surface area (Å²) in [6.07, 6.45) is 102. The summed E-state index contributed by atoms with van der Waals surface area (Å²) in [5, 5.41) is 0. The first kappa shape index (κ1) is 75.2. The normalized spacial score (nSPS) is 13.5. The number of allylic oxidation sites excluding steroid dienone is 32. The molecular formula is C75H114O6. The Balaban J connectivity index is 4.34. The largest absolute Gasteiger partial charge is 0.462 e. The van der Waals surface area contributed by atoms with Crippen molar-refractivity contribution in [1.29, 1.82) is 0 Å². The lowest BCUT2D eigenvalue weighted by atomic mass is 10.1. The molecule has 0 amide bonds. The fourth-order valence-electron chi connectivity index (χ4n) is 7.93. The number of rotatable bonds is 55. The number of esters is 3. The van der Waals surface area contributed by atoms with E-state index in [-0.39, 0.29) is 44.0 Å². The molecule has 0 aromatic heterocycles. The Kier molecular flexibility index (Phi) is 62.0. The quantitative estimate of drug-likeness (QED) is 0.0261. The fraction of sp³-hybridized carbons (Fsp3) is 0.533. The lowest BCUT2D eigenvalue weighted by Crippen LogP contribution is -2.30. The highest BCUT2D eigenvalue weighted by Gasteiger charge is 2.19. The zero-order chi connectivity index (χ0) is 58.5. The summed E-state index contributed by atoms with van der Waals surface area (Å²) in [6.45, 7) is 6.19. The predicted molar refractivity (Wildman–Crippen MR) is 352 cm³/mol. The number of hydrogen-bond acceptors (Lipinski definition) is 6. The van der Waals surface area contributed by atoms with Crippen LogP contribution in [0.3, 0.4) is 0 Å². The Morgan fingerprint density at radius 3 is 0.765 bits per heavy atom. The van der Waals surface area contributed by atoms with Crippen molar-refractivity contribution >= 4 is 17.9 Å². The molecule has 0 bridgehead atoms. The summed E-state index contributed by atoms with van der Waals surface area (Å²) < 4.78 is 16.8. The Bertz CT molecular complexity index is 1950. The second-order valence-corrected chi connectivity index (χ2v) is 20.2. The van der Waals surface area contributed by atoms with Gasteiger partial charge in [0, 0.05) is 19.3 Å². The van der Waals surface area contributed by atoms with Gasteiger partial charge in [0.2, 0.25) is 0 Å². The van der Waals surface area contributed by atoms with Gasteiger partial charge >= 0.3 is 17.9 Å². The van der Waals surface area contributed by atoms with E-state index in [2.05, 4.69) is 203 Å². The minimum Gasteiger partial charge on any atom is -0.462 e. The highest BCUT2D eigenvalue weighted by Crippen LogP contribution is 2.13. The summed E-state index contributed by atoms with van der Waals surface area (Å²) >= 11 is 0. The highest BCUT2D eigenvalue weighted by atomic mass is 16.6. The van der Waals surface area contributed by atoms with Gasteiger partial charge in [-0.1, -0.05) is 267 Å². The van der Waals surface area contributed by atoms with Crippen LogP contribution >= 0.6 is 0 Å². The van der Waals surface area contributed by atoms with Crippen LogP contribution in [0.4, 0.5) is 0 Å². The number of ether oxygens (including phenoxy) is 3. The van der Waals surface area contributed by atoms with Crippen molar-refractivity contribution in [3.05, 3.63) is 194 Å². The molecule has 1 atom stereocenters. The van der Waals surface area contributed by atoms with Gasteiger partial charge in [0.15, 0.2) is 6.10 Å². The van der Waals surface area contributed by atoms with Crippen molar-refractivity contribution in [3.8, 4) is 0 Å². The monoisotopic (exact) mass is 1110 g/mol. The molecule has 0 radical (unpaired) electrons. The van der Waals surface area contributed by atoms with E-state index in [1.165, 1.54) is 19.3 Å². The Hall–Kier alpha value is -5.75. The third-order valence-corrected chi connectivity index (χ3v) is 12.6. The van der Waals surface area contributed by atoms with Gasteiger partial charge in [-0.05, 0) is 148 Å². The summed E-state index contributed by atoms with van der Waals surface area (Å²) in [5.74, 6) is -1.05. The van der Waals surface area contributed by atoms with E-state index in [1.807, 2.05) is 12.2 Å². The van der Waals surface area contributed by atoms with Crippen molar-refractivity contribution in [2.75, 3.05) is 13.2 Å². The molecule has 0 aliphatic heterocycles. The molecule has 450 valence electrons. The summed E-state index contributed by atoms with van der Waals surface area (Å²) in [4.78, 5) is 38.2. The van der Waals surface area contributed by atoms with E-state index >= 15 is 0 Å². The lowest BCUT2D eigenvalue weighted by Gasteiger charge is -2.18. The SMILES string of the molecule is CC/C=C\C/C=C\C/C=C\C/C=C\C/C=C\C/C=C\C/C=C\C/C=C\C/C=C\CCCCCCCCCC(=O)OCC(COC(=O)CC/C=C\C/C=C\C/C=C\C/C=C\CC)OC(=O)CCCCCCC/C=C\C/C=C\C/C=C\CC. The van der Waals surface area contributed by atoms with E-state index in [0.29, 0.717) is 12.8 Å². The average molecular weight is 1110 g/mol. The van der Waals surface area contributed by atoms with Crippen LogP contribution < -0.4 is 0 Å². The van der Waals surface area contributed by atoms with E-state index in [1.54, 1.807) is 0 Å². The second-order valence-electron chi connectivity index (χ2n) is 20.2. The topological polar surface area (TPSA) is 78.9 Å². The van der Waals surface area contributed by atoms with Gasteiger partial charge in [-0.2, -0.15) is 0 Å². The summed E-state index contributed by atoms with van der Waals surface area (Å²) in [7, 11) is 0. The maximum atomic E-state index is 12.9. The van der Waals surface area contributed by atoms with E-state index in [0.717, 1.165) is 173 Å². The standard InChI is InChI=1S/C75H114O6/c1-4-7-10-13-16-19-22-25-27-28-29-30-31-32-33-34-35-36-37-38-39-40-41-42-43-44-45-46-48-50-53-56-59-62-65-68-74(77)80-71-72(70-79-73(76)67-64-61-58-55-52-49-24-21-18-15-12-9-6-3)81-75(78)69-66-63-60-57-54-51-47-26-23-20-17-14-11-8-5-2/h7-12,16-21,25-27,29-30,32-33,35-36,38-39,41-42,44-45,47,49,52,58,61,72H,4-6,13-15,22-24,28,31,34,37,40,43,46,48,50-51,53-57,59-60,62-71H2,1-3H3/b10-7-,11-8-,12-9-,19-16-,20-17-,21-18-,27-25-,30-29-,33-32-,36-35-,39-38-,42-41-,45-44-,47-26-,52-49-,61-58-. The molecular weight excluding hydrogens is 997 g/mol. The van der Waals surface area contributed by atoms with Crippen LogP contribution in [-0.4, -0.2) is 37.2 Å². The summed E-state index contributed by atoms with van der Waals surface area (Å²) in [6, 6.07) is 0. The number of hydrogen-bond donors (Lipinski definition) is 0. The minimum absolute atomic E-state index is 0.123. The molecule has 0 fully saturated rings. The zero-order valence-corrected chi connectivity index (χ0v) is 51.5. The van der Waals surface area contributed by atoms with E-state index in [4.69, 9.17) is 14.2 Å². The molecule has 0 aliphatic rings. The van der Waals surface area contributed by atoms with Crippen LogP contribution in [0.2, 0.25) is 0 Å². The number of carbonyl (C=O) groups is 3. The third-order valence-electron chi connectivity index (χ3n) is 12.6. The van der Waals surface area contributed by atoms with Crippen LogP contribution in [0.1, 0.15) is 239 Å². The molecule has 0 rings (SSSR count). The molecule has 6 nitrogen and oxygen atoms in total. The fourth-order valence-corrected chi connectivity index (χ4v) is 7.93. The van der Waals surface area contributed by atoms with E-state index in [9.17, 15) is 14.4 Å². The third kappa shape index (κ3) is 64.9. The van der Waals surface area contributed by atoms with Crippen LogP contribution in [0.15, 0.2) is 194 Å². The molecule has 0 spiro atoms. The van der Waals surface area contributed by atoms with Crippen LogP contribution in [0, 0.1) is 0 Å². The molecule has 0 heterocycles. The smallest absolute Gasteiger partial charge is 0.306 e. The molecule has 0 aromatic carbocycles. The molecule has 6 heteroatoms. The highest BCUT2D eigenvalue weighted by molar-refractivity contribution is 5.71. The maximum absolute atomic E-state index is 12.9. The van der Waals surface area contributed by atoms with Gasteiger partial charge in [-0.15, -0.1) is 0 Å². The maximum Gasteiger partial charge on any atom is 0.306 e. The Morgan fingerprint density at radius 2 is 0.469 bits per heavy atom. The van der Waals surface area contributed by atoms with Gasteiger partial charge in [-0.25, -0.2) is 0 Å². The van der Waals surface area contributed by atoms with Crippen LogP contribution in [0.5, 0.6) is 0 Å². The molecule has 0 aliphatic carbocycles. The molecule has 0 aromatic rings. The molecule has 0 N–H and O–H groups in total. The van der Waals surface area contributed by atoms with Crippen molar-refractivity contribution in [1.82, 2.24) is 0 Å². The van der Waals surface area contributed by atoms with Gasteiger partial charge in [0.25, 0.3) is 0 Å². The van der Waals surface area contributed by atoms with Crippen molar-refractivity contribution in [2.24, 2.45) is 0 Å². The molecule has 81 heavy (non-hydrogen) atoms. The number of carbonyl (C=O) groups excluding carboxylic acids is 3. The van der Waals surface area contributed by atoms with Crippen LogP contribution in [-0.2, 0) is 28.6 Å². The van der Waals surface area contributed by atoms with Gasteiger partial charge in [-0.3, -0.25) is 14.4 Å². The minimum atomic E-state index is -0.832. The average Bonchev–Trinajstić information content (AvgIpc) is 3.46. The summed E-state index contributed by atoms with van der Waals surface area (Å²) in [5.41, 5.74) is 0. The van der Waals surface area contributed by atoms with Gasteiger partial charge < -0.3 is 14.2 Å². The van der Waals surface area contributed by atoms with Crippen molar-refractivity contribution < 1.29 is 28.6 Å². The molecule has 0 saturated heterocycles. The van der Waals surface area contributed by atoms with Crippen LogP contribution in [0.25, 0.3) is 0 Å². The Labute approximate surface area is 497 Å². The van der Waals surface area contributed by atoms with Crippen molar-refractivity contribution in [2.45, 2.75) is 245 Å². The first-order valence-corrected chi connectivity index (χ1v) is 31.9. The second kappa shape index (κ2) is 66.8. The Morgan fingerprint density at radius 1 is 0.247 bits per heavy atom. The zero-order valence-electron chi connectivity index (χ0n) is 51.5. The first-order valence-electron chi connectivity index (χ1n) is 31.9. The molecule has 1 unspecified atom stereocenters. The van der Waals surface area contributed by atoms with Crippen molar-refractivity contribution in [3.63, 3.8) is 0 Å². The predicted octanol–water partition coefficient (Wildman–Crippen LogP) is 22.2. The van der Waals surface area contributed by atoms with E-state index < -0.39 is 6.10 Å². The van der Waals surface area contributed by atoms with Gasteiger partial charge in [0.05, 0.1) is 0 Å². The van der Waals surface area contributed by atoms with Gasteiger partial charge in [0.1, 0.15) is 13.2 Å². The number of unbranched alkanes of at least 4 members (excludes halogenated alkanes) is 12. The first-order chi connectivity index (χ1) is 40.0.